The summed E-state index contributed by atoms with van der Waals surface area (Å²) in [6.45, 7) is 15.6. The average Bonchev–Trinajstić information content (AvgIpc) is 3.56. The first-order valence-corrected chi connectivity index (χ1v) is 21.3. The van der Waals surface area contributed by atoms with Crippen molar-refractivity contribution < 1.29 is 32.4 Å². The van der Waals surface area contributed by atoms with E-state index in [2.05, 4.69) is 79.0 Å². The lowest BCUT2D eigenvalue weighted by molar-refractivity contribution is -0.155. The highest BCUT2D eigenvalue weighted by molar-refractivity contribution is 7.92. The predicted molar refractivity (Wildman–Crippen MR) is 215 cm³/mol. The molecule has 2 saturated heterocycles. The van der Waals surface area contributed by atoms with Gasteiger partial charge in [-0.2, -0.15) is 10.2 Å². The van der Waals surface area contributed by atoms with Crippen molar-refractivity contribution in [3.63, 3.8) is 0 Å². The van der Waals surface area contributed by atoms with Gasteiger partial charge in [-0.25, -0.2) is 13.2 Å². The van der Waals surface area contributed by atoms with E-state index in [0.717, 1.165) is 52.1 Å². The first kappa shape index (κ1) is 43.2. The smallest absolute Gasteiger partial charge is 0.315 e. The number of urea groups is 1. The Morgan fingerprint density at radius 2 is 1.37 bits per heavy atom. The monoisotopic (exact) mass is 808 g/mol. The van der Waals surface area contributed by atoms with Gasteiger partial charge in [0, 0.05) is 24.2 Å². The van der Waals surface area contributed by atoms with Gasteiger partial charge in [0.15, 0.2) is 5.78 Å². The molecular weight excluding hydrogens is 753 g/mol. The zero-order valence-corrected chi connectivity index (χ0v) is 34.3. The topological polar surface area (TPSA) is 223 Å². The van der Waals surface area contributed by atoms with Crippen LogP contribution < -0.4 is 31.3 Å². The lowest BCUT2D eigenvalue weighted by Crippen LogP contribution is -2.84. The minimum absolute atomic E-state index is 0.0240. The van der Waals surface area contributed by atoms with Crippen LogP contribution in [0.2, 0.25) is 0 Å². The molecule has 2 aromatic carbocycles. The number of hydrogen-bond acceptors (Lipinski definition) is 11. The molecule has 1 saturated carbocycles. The van der Waals surface area contributed by atoms with E-state index in [4.69, 9.17) is 0 Å². The summed E-state index contributed by atoms with van der Waals surface area (Å²) in [5.41, 5.74) is -2.34. The Labute approximate surface area is 334 Å². The average molecular weight is 809 g/mol. The second kappa shape index (κ2) is 18.5. The largest absolute Gasteiger partial charge is 0.352 e. The zero-order valence-electron chi connectivity index (χ0n) is 33.4. The van der Waals surface area contributed by atoms with Crippen LogP contribution in [0.3, 0.4) is 0 Å². The normalized spacial score (nSPS) is 22.8. The van der Waals surface area contributed by atoms with E-state index in [0.29, 0.717) is 32.4 Å². The standard InChI is InChI=1S/C39H56N10O7S/c1-6-48(7-2)20-10-18-40-34(51)27-22-28(35(52)41-19-11-21-49(8-3)9-4)24-30(23-27)46-57(55,56)31-14-12-29(13-15-31)45-47-39(26(5)50)36(53)44-38(39)17-16-32-33(25-38)43-37(54)42-32/h12-15,22-24,32-33,46H,6-11,16-21,25H2,1-5H3,(H,40,51)(H,41,52)(H,44,53)(H2,42,43,54). The van der Waals surface area contributed by atoms with Crippen molar-refractivity contribution in [3.05, 3.63) is 53.6 Å². The van der Waals surface area contributed by atoms with E-state index in [1.54, 1.807) is 0 Å². The fourth-order valence-corrected chi connectivity index (χ4v) is 8.95. The van der Waals surface area contributed by atoms with Gasteiger partial charge in [-0.05, 0) is 121 Å². The number of azo groups is 1. The maximum atomic E-state index is 13.7. The molecule has 6 N–H and O–H groups in total. The van der Waals surface area contributed by atoms with Crippen molar-refractivity contribution in [2.75, 3.05) is 57.1 Å². The molecule has 17 nitrogen and oxygen atoms in total. The van der Waals surface area contributed by atoms with Crippen LogP contribution in [0.15, 0.2) is 57.6 Å². The van der Waals surface area contributed by atoms with Crippen LogP contribution in [0.5, 0.6) is 0 Å². The van der Waals surface area contributed by atoms with Gasteiger partial charge in [-0.15, -0.1) is 0 Å². The number of anilines is 1. The molecule has 1 spiro atoms. The first-order chi connectivity index (χ1) is 27.2. The summed E-state index contributed by atoms with van der Waals surface area (Å²) in [5.74, 6) is -1.95. The van der Waals surface area contributed by atoms with Gasteiger partial charge in [0.1, 0.15) is 0 Å². The summed E-state index contributed by atoms with van der Waals surface area (Å²) in [5, 5.41) is 22.9. The number of fused-ring (bicyclic) bond motifs is 1. The number of ketones is 1. The lowest BCUT2D eigenvalue weighted by atomic mass is 9.58. The number of amides is 5. The molecule has 2 aromatic rings. The molecular formula is C39H56N10O7S. The minimum Gasteiger partial charge on any atom is -0.352 e. The van der Waals surface area contributed by atoms with Crippen molar-refractivity contribution in [3.8, 4) is 0 Å². The number of benzene rings is 2. The summed E-state index contributed by atoms with van der Waals surface area (Å²) >= 11 is 0. The van der Waals surface area contributed by atoms with Crippen LogP contribution >= 0.6 is 0 Å². The van der Waals surface area contributed by atoms with Crippen LogP contribution in [-0.2, 0) is 19.6 Å². The molecule has 18 heteroatoms. The summed E-state index contributed by atoms with van der Waals surface area (Å²) in [7, 11) is -4.24. The molecule has 0 radical (unpaired) electrons. The molecule has 5 rings (SSSR count). The Bertz CT molecular complexity index is 1890. The van der Waals surface area contributed by atoms with Crippen molar-refractivity contribution in [2.24, 2.45) is 10.2 Å². The van der Waals surface area contributed by atoms with Crippen LogP contribution in [0, 0.1) is 0 Å². The number of carbonyl (C=O) groups excluding carboxylic acids is 5. The van der Waals surface area contributed by atoms with Crippen LogP contribution in [-0.4, -0.2) is 123 Å². The van der Waals surface area contributed by atoms with E-state index >= 15 is 0 Å². The molecule has 2 aliphatic heterocycles. The number of nitrogens with zero attached hydrogens (tertiary/aromatic N) is 4. The Morgan fingerprint density at radius 3 is 1.88 bits per heavy atom. The summed E-state index contributed by atoms with van der Waals surface area (Å²) in [4.78, 5) is 69.0. The zero-order chi connectivity index (χ0) is 41.4. The highest BCUT2D eigenvalue weighted by Crippen LogP contribution is 2.48. The molecule has 4 atom stereocenters. The number of β-lactam (4-membered cyclic amide) rings is 1. The van der Waals surface area contributed by atoms with E-state index in [1.807, 2.05) is 0 Å². The molecule has 4 unspecified atom stereocenters. The van der Waals surface area contributed by atoms with Crippen LogP contribution in [0.25, 0.3) is 0 Å². The Kier molecular flexibility index (Phi) is 14.1. The highest BCUT2D eigenvalue weighted by Gasteiger charge is 2.72. The molecule has 3 fully saturated rings. The molecule has 3 aliphatic rings. The van der Waals surface area contributed by atoms with Gasteiger partial charge in [0.2, 0.25) is 5.54 Å². The van der Waals surface area contributed by atoms with Crippen molar-refractivity contribution in [1.29, 1.82) is 0 Å². The van der Waals surface area contributed by atoms with Gasteiger partial charge in [-0.3, -0.25) is 23.9 Å². The first-order valence-electron chi connectivity index (χ1n) is 19.8. The summed E-state index contributed by atoms with van der Waals surface area (Å²) in [6.07, 6.45) is 2.67. The Hall–Kier alpha value is -4.94. The fraction of sp³-hybridized carbons (Fsp3) is 0.564. The number of carbonyl (C=O) groups is 5. The molecule has 2 heterocycles. The molecule has 0 aromatic heterocycles. The van der Waals surface area contributed by atoms with Crippen LogP contribution in [0.4, 0.5) is 16.2 Å². The van der Waals surface area contributed by atoms with Gasteiger partial charge in [0.05, 0.1) is 33.9 Å². The number of nitrogens with one attached hydrogen (secondary N) is 6. The molecule has 5 amide bonds. The van der Waals surface area contributed by atoms with Crippen molar-refractivity contribution >= 4 is 50.9 Å². The van der Waals surface area contributed by atoms with E-state index < -0.39 is 44.6 Å². The second-order valence-corrected chi connectivity index (χ2v) is 16.4. The molecule has 310 valence electrons. The number of Topliss-reactive ketones (excluding diaryl/α,β-unsaturated/α-hetero) is 1. The third-order valence-electron chi connectivity index (χ3n) is 11.3. The van der Waals surface area contributed by atoms with Crippen molar-refractivity contribution in [2.45, 2.75) is 94.8 Å². The van der Waals surface area contributed by atoms with Gasteiger partial charge in [-0.1, -0.05) is 27.7 Å². The van der Waals surface area contributed by atoms with E-state index in [9.17, 15) is 32.4 Å². The van der Waals surface area contributed by atoms with Crippen molar-refractivity contribution in [1.82, 2.24) is 36.4 Å². The number of sulfonamides is 1. The third kappa shape index (κ3) is 9.61. The molecule has 57 heavy (non-hydrogen) atoms. The van der Waals surface area contributed by atoms with Crippen LogP contribution in [0.1, 0.15) is 87.4 Å². The number of hydrogen-bond donors (Lipinski definition) is 6. The summed E-state index contributed by atoms with van der Waals surface area (Å²) in [6, 6.07) is 8.91. The van der Waals surface area contributed by atoms with Gasteiger partial charge >= 0.3 is 6.03 Å². The minimum atomic E-state index is -4.24. The SMILES string of the molecule is CCN(CC)CCCNC(=O)c1cc(NS(=O)(=O)c2ccc(N=NC3(C(C)=O)C(=O)NC34CCC3NC(=O)NC3C4)cc2)cc(C(=O)NCCCN(CC)CC)c1. The maximum absolute atomic E-state index is 13.7. The highest BCUT2D eigenvalue weighted by atomic mass is 32.2. The Morgan fingerprint density at radius 1 is 0.825 bits per heavy atom. The predicted octanol–water partition coefficient (Wildman–Crippen LogP) is 2.92. The van der Waals surface area contributed by atoms with E-state index in [-0.39, 0.29) is 45.5 Å². The third-order valence-corrected chi connectivity index (χ3v) is 12.7. The lowest BCUT2D eigenvalue weighted by Gasteiger charge is -2.57. The Balaban J connectivity index is 1.31. The van der Waals surface area contributed by atoms with E-state index in [1.165, 1.54) is 49.4 Å². The fourth-order valence-electron chi connectivity index (χ4n) is 7.91. The summed E-state index contributed by atoms with van der Waals surface area (Å²) < 4.78 is 29.8. The second-order valence-electron chi connectivity index (χ2n) is 14.7. The molecule has 0 bridgehead atoms. The number of rotatable bonds is 20. The van der Waals surface area contributed by atoms with Gasteiger partial charge in [0.25, 0.3) is 27.7 Å². The van der Waals surface area contributed by atoms with Gasteiger partial charge < -0.3 is 36.4 Å². The molecule has 1 aliphatic carbocycles. The maximum Gasteiger partial charge on any atom is 0.315 e. The quantitative estimate of drug-likeness (QED) is 0.0500.